The largest absolute Gasteiger partial charge is 0.243 e. The number of rotatable bonds is 4. The van der Waals surface area contributed by atoms with Crippen molar-refractivity contribution >= 4 is 10.0 Å². The Morgan fingerprint density at radius 2 is 1.62 bits per heavy atom. The Hall–Kier alpha value is -1.65. The Bertz CT molecular complexity index is 751. The number of benzene rings is 2. The summed E-state index contributed by atoms with van der Waals surface area (Å²) >= 11 is 0. The highest BCUT2D eigenvalue weighted by Crippen LogP contribution is 2.21. The van der Waals surface area contributed by atoms with Crippen LogP contribution in [0.15, 0.2) is 47.4 Å². The highest BCUT2D eigenvalue weighted by molar-refractivity contribution is 7.89. The molecule has 3 nitrogen and oxygen atoms in total. The molecule has 0 saturated heterocycles. The predicted molar refractivity (Wildman–Crippen MR) is 85.7 cm³/mol. The van der Waals surface area contributed by atoms with Crippen LogP contribution in [-0.4, -0.2) is 19.8 Å². The van der Waals surface area contributed by atoms with E-state index in [4.69, 9.17) is 0 Å². The van der Waals surface area contributed by atoms with E-state index in [1.165, 1.54) is 9.87 Å². The van der Waals surface area contributed by atoms with E-state index in [-0.39, 0.29) is 0 Å². The lowest BCUT2D eigenvalue weighted by Crippen LogP contribution is -2.27. The van der Waals surface area contributed by atoms with E-state index in [1.807, 2.05) is 45.0 Å². The van der Waals surface area contributed by atoms with Crippen LogP contribution in [0, 0.1) is 20.8 Å². The van der Waals surface area contributed by atoms with Gasteiger partial charge in [-0.15, -0.1) is 0 Å². The molecule has 0 spiro atoms. The maximum absolute atomic E-state index is 12.7. The van der Waals surface area contributed by atoms with Crippen LogP contribution >= 0.6 is 0 Å². The lowest BCUT2D eigenvalue weighted by atomic mass is 10.1. The summed E-state index contributed by atoms with van der Waals surface area (Å²) in [4.78, 5) is 0.372. The topological polar surface area (TPSA) is 37.4 Å². The second-order valence-corrected chi connectivity index (χ2v) is 7.47. The minimum Gasteiger partial charge on any atom is -0.207 e. The average Bonchev–Trinajstić information content (AvgIpc) is 2.42. The highest BCUT2D eigenvalue weighted by Gasteiger charge is 2.22. The second-order valence-electron chi connectivity index (χ2n) is 5.46. The molecule has 0 saturated carbocycles. The van der Waals surface area contributed by atoms with Gasteiger partial charge in [0.05, 0.1) is 4.90 Å². The second kappa shape index (κ2) is 6.00. The van der Waals surface area contributed by atoms with Crippen molar-refractivity contribution in [3.63, 3.8) is 0 Å². The summed E-state index contributed by atoms with van der Waals surface area (Å²) in [7, 11) is -1.84. The first-order chi connectivity index (χ1) is 9.82. The smallest absolute Gasteiger partial charge is 0.207 e. The maximum atomic E-state index is 12.7. The summed E-state index contributed by atoms with van der Waals surface area (Å²) < 4.78 is 26.7. The van der Waals surface area contributed by atoms with Crippen LogP contribution in [0.2, 0.25) is 0 Å². The SMILES string of the molecule is Cc1ccc(CN(C)S(=O)(=O)c2ccccc2C)c(C)c1. The molecule has 2 aromatic carbocycles. The van der Waals surface area contributed by atoms with E-state index in [1.54, 1.807) is 19.2 Å². The Labute approximate surface area is 127 Å². The van der Waals surface area contributed by atoms with Crippen molar-refractivity contribution in [2.75, 3.05) is 7.05 Å². The molecule has 21 heavy (non-hydrogen) atoms. The first kappa shape index (κ1) is 15.7. The van der Waals surface area contributed by atoms with Crippen molar-refractivity contribution in [1.82, 2.24) is 4.31 Å². The van der Waals surface area contributed by atoms with Gasteiger partial charge < -0.3 is 0 Å². The number of hydrogen-bond donors (Lipinski definition) is 0. The normalized spacial score (nSPS) is 11.9. The molecule has 0 N–H and O–H groups in total. The molecule has 0 heterocycles. The van der Waals surface area contributed by atoms with E-state index >= 15 is 0 Å². The van der Waals surface area contributed by atoms with Gasteiger partial charge in [-0.05, 0) is 43.5 Å². The van der Waals surface area contributed by atoms with Crippen molar-refractivity contribution < 1.29 is 8.42 Å². The quantitative estimate of drug-likeness (QED) is 0.867. The van der Waals surface area contributed by atoms with Crippen molar-refractivity contribution in [3.05, 3.63) is 64.7 Å². The molecule has 0 amide bonds. The third kappa shape index (κ3) is 3.34. The van der Waals surface area contributed by atoms with Gasteiger partial charge in [-0.3, -0.25) is 0 Å². The van der Waals surface area contributed by atoms with E-state index in [0.717, 1.165) is 16.7 Å². The molecule has 0 aliphatic carbocycles. The van der Waals surface area contributed by atoms with Gasteiger partial charge in [-0.1, -0.05) is 42.0 Å². The van der Waals surface area contributed by atoms with Crippen LogP contribution in [0.25, 0.3) is 0 Å². The molecule has 2 aromatic rings. The molecule has 2 rings (SSSR count). The van der Waals surface area contributed by atoms with Crippen molar-refractivity contribution in [2.45, 2.75) is 32.2 Å². The summed E-state index contributed by atoms with van der Waals surface area (Å²) in [6.45, 7) is 6.24. The molecule has 112 valence electrons. The monoisotopic (exact) mass is 303 g/mol. The van der Waals surface area contributed by atoms with Gasteiger partial charge in [0.2, 0.25) is 10.0 Å². The highest BCUT2D eigenvalue weighted by atomic mass is 32.2. The standard InChI is InChI=1S/C17H21NO2S/c1-13-9-10-16(15(3)11-13)12-18(4)21(19,20)17-8-6-5-7-14(17)2/h5-11H,12H2,1-4H3. The molecule has 0 atom stereocenters. The Kier molecular flexibility index (Phi) is 4.49. The van der Waals surface area contributed by atoms with Gasteiger partial charge in [0, 0.05) is 13.6 Å². The van der Waals surface area contributed by atoms with Gasteiger partial charge in [-0.25, -0.2) is 8.42 Å². The van der Waals surface area contributed by atoms with Gasteiger partial charge in [0.15, 0.2) is 0 Å². The van der Waals surface area contributed by atoms with Crippen molar-refractivity contribution in [1.29, 1.82) is 0 Å². The minimum absolute atomic E-state index is 0.372. The summed E-state index contributed by atoms with van der Waals surface area (Å²) in [6.07, 6.45) is 0. The lowest BCUT2D eigenvalue weighted by molar-refractivity contribution is 0.465. The third-order valence-corrected chi connectivity index (χ3v) is 5.64. The van der Waals surface area contributed by atoms with Crippen LogP contribution in [0.3, 0.4) is 0 Å². The summed E-state index contributed by atoms with van der Waals surface area (Å²) in [6, 6.07) is 13.2. The molecule has 0 unspecified atom stereocenters. The van der Waals surface area contributed by atoms with Crippen LogP contribution < -0.4 is 0 Å². The Balaban J connectivity index is 2.31. The number of sulfonamides is 1. The molecule has 0 aliphatic heterocycles. The Morgan fingerprint density at radius 1 is 0.952 bits per heavy atom. The molecular weight excluding hydrogens is 282 g/mol. The van der Waals surface area contributed by atoms with Gasteiger partial charge in [0.25, 0.3) is 0 Å². The average molecular weight is 303 g/mol. The maximum Gasteiger partial charge on any atom is 0.243 e. The first-order valence-electron chi connectivity index (χ1n) is 6.90. The third-order valence-electron chi connectivity index (χ3n) is 3.67. The number of aryl methyl sites for hydroxylation is 3. The number of hydrogen-bond acceptors (Lipinski definition) is 2. The zero-order chi connectivity index (χ0) is 15.6. The minimum atomic E-state index is -3.46. The van der Waals surface area contributed by atoms with E-state index in [0.29, 0.717) is 11.4 Å². The fraction of sp³-hybridized carbons (Fsp3) is 0.294. The van der Waals surface area contributed by atoms with Crippen LogP contribution in [-0.2, 0) is 16.6 Å². The summed E-state index contributed by atoms with van der Waals surface area (Å²) in [5, 5.41) is 0. The van der Waals surface area contributed by atoms with Crippen LogP contribution in [0.1, 0.15) is 22.3 Å². The van der Waals surface area contributed by atoms with E-state index in [2.05, 4.69) is 6.07 Å². The fourth-order valence-corrected chi connectivity index (χ4v) is 3.73. The molecule has 0 aromatic heterocycles. The molecule has 0 fully saturated rings. The zero-order valence-electron chi connectivity index (χ0n) is 12.9. The molecular formula is C17H21NO2S. The molecule has 4 heteroatoms. The van der Waals surface area contributed by atoms with E-state index in [9.17, 15) is 8.42 Å². The lowest BCUT2D eigenvalue weighted by Gasteiger charge is -2.19. The van der Waals surface area contributed by atoms with Crippen molar-refractivity contribution in [2.24, 2.45) is 0 Å². The first-order valence-corrected chi connectivity index (χ1v) is 8.34. The molecule has 0 aliphatic rings. The summed E-state index contributed by atoms with van der Waals surface area (Å²) in [5.74, 6) is 0. The zero-order valence-corrected chi connectivity index (χ0v) is 13.7. The molecule has 0 radical (unpaired) electrons. The fourth-order valence-electron chi connectivity index (χ4n) is 2.36. The van der Waals surface area contributed by atoms with Gasteiger partial charge in [-0.2, -0.15) is 4.31 Å². The predicted octanol–water partition coefficient (Wildman–Crippen LogP) is 3.43. The van der Waals surface area contributed by atoms with Crippen LogP contribution in [0.4, 0.5) is 0 Å². The van der Waals surface area contributed by atoms with Crippen LogP contribution in [0.5, 0.6) is 0 Å². The number of nitrogens with zero attached hydrogens (tertiary/aromatic N) is 1. The van der Waals surface area contributed by atoms with E-state index < -0.39 is 10.0 Å². The summed E-state index contributed by atoms with van der Waals surface area (Å²) in [5.41, 5.74) is 4.09. The molecule has 0 bridgehead atoms. The van der Waals surface area contributed by atoms with Crippen molar-refractivity contribution in [3.8, 4) is 0 Å². The van der Waals surface area contributed by atoms with Gasteiger partial charge in [0.1, 0.15) is 0 Å². The van der Waals surface area contributed by atoms with Gasteiger partial charge >= 0.3 is 0 Å². The Morgan fingerprint density at radius 3 is 2.24 bits per heavy atom.